The number of nitrogens with two attached hydrogens (primary N) is 1. The molecule has 0 bridgehead atoms. The van der Waals surface area contributed by atoms with E-state index in [0.29, 0.717) is 5.69 Å². The third kappa shape index (κ3) is 3.65. The van der Waals surface area contributed by atoms with Crippen LogP contribution in [0.2, 0.25) is 0 Å². The summed E-state index contributed by atoms with van der Waals surface area (Å²) in [4.78, 5) is 25.2. The second-order valence-corrected chi connectivity index (χ2v) is 4.38. The molecule has 1 rings (SSSR count). The quantitative estimate of drug-likeness (QED) is 0.695. The first-order valence-electron chi connectivity index (χ1n) is 5.04. The topological polar surface area (TPSA) is 112 Å². The molecule has 0 spiro atoms. The Kier molecular flexibility index (Phi) is 3.53. The first-order chi connectivity index (χ1) is 7.84. The first kappa shape index (κ1) is 12.8. The summed E-state index contributed by atoms with van der Waals surface area (Å²) >= 11 is 0. The number of hydrogen-bond donors (Lipinski definition) is 3. The van der Waals surface area contributed by atoms with Crippen LogP contribution in [0.1, 0.15) is 36.5 Å². The Morgan fingerprint density at radius 3 is 2.65 bits per heavy atom. The van der Waals surface area contributed by atoms with Crippen molar-refractivity contribution in [1.29, 1.82) is 5.26 Å². The molecule has 1 heterocycles. The van der Waals surface area contributed by atoms with Crippen LogP contribution in [0.15, 0.2) is 12.1 Å². The van der Waals surface area contributed by atoms with E-state index in [-0.39, 0.29) is 18.0 Å². The van der Waals surface area contributed by atoms with Gasteiger partial charge in [-0.15, -0.1) is 0 Å². The molecule has 90 valence electrons. The van der Waals surface area contributed by atoms with E-state index in [4.69, 9.17) is 11.0 Å². The van der Waals surface area contributed by atoms with Crippen molar-refractivity contribution in [3.63, 3.8) is 0 Å². The zero-order chi connectivity index (χ0) is 13.1. The van der Waals surface area contributed by atoms with Crippen LogP contribution in [0, 0.1) is 11.3 Å². The molecule has 0 radical (unpaired) electrons. The van der Waals surface area contributed by atoms with Crippen molar-refractivity contribution in [1.82, 2.24) is 10.3 Å². The highest BCUT2D eigenvalue weighted by Crippen LogP contribution is 2.09. The maximum atomic E-state index is 11.8. The largest absolute Gasteiger partial charge is 0.370 e. The summed E-state index contributed by atoms with van der Waals surface area (Å²) in [6.45, 7) is 3.40. The average molecular weight is 234 g/mol. The molecule has 0 aromatic carbocycles. The molecule has 6 heteroatoms. The number of rotatable bonds is 4. The lowest BCUT2D eigenvalue weighted by Gasteiger charge is -2.24. The Bertz CT molecular complexity index is 482. The Labute approximate surface area is 98.8 Å². The molecule has 0 aliphatic rings. The lowest BCUT2D eigenvalue weighted by Crippen LogP contribution is -2.46. The zero-order valence-corrected chi connectivity index (χ0v) is 9.70. The monoisotopic (exact) mass is 234 g/mol. The van der Waals surface area contributed by atoms with Crippen LogP contribution in [-0.4, -0.2) is 22.3 Å². The van der Waals surface area contributed by atoms with E-state index < -0.39 is 11.4 Å². The van der Waals surface area contributed by atoms with Crippen molar-refractivity contribution in [2.45, 2.75) is 25.8 Å². The summed E-state index contributed by atoms with van der Waals surface area (Å²) in [5.41, 5.74) is 4.94. The van der Waals surface area contributed by atoms with Crippen molar-refractivity contribution >= 4 is 11.8 Å². The minimum atomic E-state index is -0.721. The number of amides is 2. The van der Waals surface area contributed by atoms with Gasteiger partial charge in [0, 0.05) is 12.0 Å². The summed E-state index contributed by atoms with van der Waals surface area (Å²) in [6, 6.07) is 4.91. The van der Waals surface area contributed by atoms with Crippen LogP contribution in [-0.2, 0) is 4.79 Å². The standard InChI is InChI=1S/C11H14N4O2/c1-11(2,5-9(13)16)15-10(17)8-4-3-7(6-12)14-8/h3-4,14H,5H2,1-2H3,(H2,13,16)(H,15,17). The van der Waals surface area contributed by atoms with Crippen molar-refractivity contribution in [3.8, 4) is 6.07 Å². The van der Waals surface area contributed by atoms with E-state index in [9.17, 15) is 9.59 Å². The van der Waals surface area contributed by atoms with E-state index in [1.54, 1.807) is 13.8 Å². The van der Waals surface area contributed by atoms with Crippen LogP contribution >= 0.6 is 0 Å². The molecule has 4 N–H and O–H groups in total. The van der Waals surface area contributed by atoms with Crippen LogP contribution in [0.4, 0.5) is 0 Å². The fraction of sp³-hybridized carbons (Fsp3) is 0.364. The molecule has 0 aliphatic carbocycles. The molecule has 0 saturated heterocycles. The van der Waals surface area contributed by atoms with Crippen molar-refractivity contribution < 1.29 is 9.59 Å². The molecular formula is C11H14N4O2. The van der Waals surface area contributed by atoms with Gasteiger partial charge in [-0.3, -0.25) is 9.59 Å². The zero-order valence-electron chi connectivity index (χ0n) is 9.70. The fourth-order valence-corrected chi connectivity index (χ4v) is 1.45. The SMILES string of the molecule is CC(C)(CC(N)=O)NC(=O)c1ccc(C#N)[nH]1. The smallest absolute Gasteiger partial charge is 0.268 e. The number of aromatic amines is 1. The number of nitriles is 1. The third-order valence-electron chi connectivity index (χ3n) is 2.12. The summed E-state index contributed by atoms with van der Waals surface area (Å²) < 4.78 is 0. The molecular weight excluding hydrogens is 220 g/mol. The van der Waals surface area contributed by atoms with Gasteiger partial charge in [-0.1, -0.05) is 0 Å². The first-order valence-corrected chi connectivity index (χ1v) is 5.04. The molecule has 0 fully saturated rings. The van der Waals surface area contributed by atoms with Gasteiger partial charge < -0.3 is 16.0 Å². The van der Waals surface area contributed by atoms with Gasteiger partial charge in [-0.25, -0.2) is 0 Å². The predicted molar refractivity (Wildman–Crippen MR) is 60.9 cm³/mol. The highest BCUT2D eigenvalue weighted by molar-refractivity contribution is 5.93. The van der Waals surface area contributed by atoms with Crippen LogP contribution in [0.5, 0.6) is 0 Å². The Hall–Kier alpha value is -2.29. The fourth-order valence-electron chi connectivity index (χ4n) is 1.45. The molecule has 6 nitrogen and oxygen atoms in total. The van der Waals surface area contributed by atoms with Gasteiger partial charge in [-0.05, 0) is 26.0 Å². The van der Waals surface area contributed by atoms with Crippen LogP contribution < -0.4 is 11.1 Å². The minimum Gasteiger partial charge on any atom is -0.370 e. The third-order valence-corrected chi connectivity index (χ3v) is 2.12. The normalized spacial score (nSPS) is 10.6. The number of carbonyl (C=O) groups is 2. The number of hydrogen-bond acceptors (Lipinski definition) is 3. The molecule has 1 aromatic rings. The molecule has 0 aliphatic heterocycles. The number of primary amides is 1. The van der Waals surface area contributed by atoms with Crippen molar-refractivity contribution in [2.24, 2.45) is 5.73 Å². The van der Waals surface area contributed by atoms with Gasteiger partial charge in [0.2, 0.25) is 5.91 Å². The van der Waals surface area contributed by atoms with Gasteiger partial charge in [0.05, 0.1) is 0 Å². The lowest BCUT2D eigenvalue weighted by molar-refractivity contribution is -0.119. The van der Waals surface area contributed by atoms with Gasteiger partial charge >= 0.3 is 0 Å². The van der Waals surface area contributed by atoms with Crippen LogP contribution in [0.25, 0.3) is 0 Å². The number of aromatic nitrogens is 1. The summed E-state index contributed by atoms with van der Waals surface area (Å²) in [5.74, 6) is -0.864. The van der Waals surface area contributed by atoms with E-state index in [1.807, 2.05) is 6.07 Å². The number of nitrogens with zero attached hydrogens (tertiary/aromatic N) is 1. The molecule has 17 heavy (non-hydrogen) atoms. The summed E-state index contributed by atoms with van der Waals surface area (Å²) in [5, 5.41) is 11.3. The van der Waals surface area contributed by atoms with Crippen molar-refractivity contribution in [2.75, 3.05) is 0 Å². The number of H-pyrrole nitrogens is 1. The maximum absolute atomic E-state index is 11.8. The average Bonchev–Trinajstić information content (AvgIpc) is 2.62. The maximum Gasteiger partial charge on any atom is 0.268 e. The Morgan fingerprint density at radius 1 is 1.53 bits per heavy atom. The summed E-state index contributed by atoms with van der Waals surface area (Å²) in [6.07, 6.45) is 0.0462. The molecule has 0 saturated carbocycles. The van der Waals surface area contributed by atoms with Gasteiger partial charge in [0.25, 0.3) is 5.91 Å². The molecule has 0 unspecified atom stereocenters. The number of carbonyl (C=O) groups excluding carboxylic acids is 2. The number of nitrogens with one attached hydrogen (secondary N) is 2. The van der Waals surface area contributed by atoms with Crippen LogP contribution in [0.3, 0.4) is 0 Å². The highest BCUT2D eigenvalue weighted by atomic mass is 16.2. The lowest BCUT2D eigenvalue weighted by atomic mass is 10.0. The van der Waals surface area contributed by atoms with E-state index in [0.717, 1.165) is 0 Å². The van der Waals surface area contributed by atoms with Gasteiger partial charge in [0.15, 0.2) is 0 Å². The minimum absolute atomic E-state index is 0.0462. The predicted octanol–water partition coefficient (Wildman–Crippen LogP) is 0.270. The highest BCUT2D eigenvalue weighted by Gasteiger charge is 2.23. The Morgan fingerprint density at radius 2 is 2.18 bits per heavy atom. The second-order valence-electron chi connectivity index (χ2n) is 4.38. The van der Waals surface area contributed by atoms with Gasteiger partial charge in [-0.2, -0.15) is 5.26 Å². The molecule has 1 aromatic heterocycles. The van der Waals surface area contributed by atoms with Gasteiger partial charge in [0.1, 0.15) is 17.5 Å². The summed E-state index contributed by atoms with van der Waals surface area (Å²) in [7, 11) is 0. The van der Waals surface area contributed by atoms with E-state index in [1.165, 1.54) is 12.1 Å². The molecule has 2 amide bonds. The van der Waals surface area contributed by atoms with E-state index in [2.05, 4.69) is 10.3 Å². The second kappa shape index (κ2) is 4.70. The van der Waals surface area contributed by atoms with E-state index >= 15 is 0 Å². The molecule has 0 atom stereocenters. The van der Waals surface area contributed by atoms with Crippen molar-refractivity contribution in [3.05, 3.63) is 23.5 Å². The Balaban J connectivity index is 2.72.